The van der Waals surface area contributed by atoms with Gasteiger partial charge in [-0.15, -0.1) is 0 Å². The molecule has 0 spiro atoms. The van der Waals surface area contributed by atoms with Gasteiger partial charge in [-0.25, -0.2) is 9.78 Å². The lowest BCUT2D eigenvalue weighted by atomic mass is 10.2. The largest absolute Gasteiger partial charge is 0.497 e. The Morgan fingerprint density at radius 1 is 0.964 bits per heavy atom. The van der Waals surface area contributed by atoms with Gasteiger partial charge in [-0.05, 0) is 30.3 Å². The number of benzene rings is 1. The number of amides is 1. The molecule has 0 radical (unpaired) electrons. The Morgan fingerprint density at radius 3 is 2.25 bits per heavy atom. The second kappa shape index (κ2) is 9.07. The van der Waals surface area contributed by atoms with Gasteiger partial charge < -0.3 is 24.0 Å². The molecule has 0 atom stereocenters. The SMILES string of the molecule is COc1ccc(N2CCN(C(=O)COC(=O)c3ccc(OC)nc3)CC2)cc1. The smallest absolute Gasteiger partial charge is 0.340 e. The number of hydrogen-bond acceptors (Lipinski definition) is 7. The van der Waals surface area contributed by atoms with Crippen LogP contribution in [0.4, 0.5) is 5.69 Å². The molecule has 0 aliphatic carbocycles. The molecule has 3 rings (SSSR count). The maximum absolute atomic E-state index is 12.3. The molecule has 1 aromatic carbocycles. The van der Waals surface area contributed by atoms with Crippen molar-refractivity contribution in [1.29, 1.82) is 0 Å². The summed E-state index contributed by atoms with van der Waals surface area (Å²) in [7, 11) is 3.13. The third-order valence-corrected chi connectivity index (χ3v) is 4.58. The molecule has 8 heteroatoms. The summed E-state index contributed by atoms with van der Waals surface area (Å²) in [5.41, 5.74) is 1.37. The van der Waals surface area contributed by atoms with Gasteiger partial charge in [0, 0.05) is 44.1 Å². The molecule has 0 saturated carbocycles. The normalized spacial score (nSPS) is 13.8. The van der Waals surface area contributed by atoms with Crippen LogP contribution in [0, 0.1) is 0 Å². The molecule has 1 aromatic heterocycles. The first-order chi connectivity index (χ1) is 13.6. The number of anilines is 1. The van der Waals surface area contributed by atoms with Crippen LogP contribution in [0.1, 0.15) is 10.4 Å². The van der Waals surface area contributed by atoms with Gasteiger partial charge in [0.25, 0.3) is 5.91 Å². The van der Waals surface area contributed by atoms with Crippen molar-refractivity contribution < 1.29 is 23.8 Å². The maximum atomic E-state index is 12.3. The van der Waals surface area contributed by atoms with Crippen molar-refractivity contribution in [2.24, 2.45) is 0 Å². The van der Waals surface area contributed by atoms with Crippen LogP contribution in [0.25, 0.3) is 0 Å². The molecule has 28 heavy (non-hydrogen) atoms. The highest BCUT2D eigenvalue weighted by Crippen LogP contribution is 2.20. The van der Waals surface area contributed by atoms with Crippen LogP contribution in [-0.4, -0.2) is 68.8 Å². The predicted molar refractivity (Wildman–Crippen MR) is 103 cm³/mol. The maximum Gasteiger partial charge on any atom is 0.340 e. The first kappa shape index (κ1) is 19.5. The summed E-state index contributed by atoms with van der Waals surface area (Å²) >= 11 is 0. The molecule has 2 heterocycles. The molecule has 2 aromatic rings. The van der Waals surface area contributed by atoms with Crippen molar-refractivity contribution >= 4 is 17.6 Å². The quantitative estimate of drug-likeness (QED) is 0.699. The molecule has 0 N–H and O–H groups in total. The van der Waals surface area contributed by atoms with Gasteiger partial charge in [0.1, 0.15) is 5.75 Å². The lowest BCUT2D eigenvalue weighted by Crippen LogP contribution is -2.49. The zero-order chi connectivity index (χ0) is 19.9. The lowest BCUT2D eigenvalue weighted by Gasteiger charge is -2.36. The van der Waals surface area contributed by atoms with Crippen LogP contribution < -0.4 is 14.4 Å². The summed E-state index contributed by atoms with van der Waals surface area (Å²) in [5.74, 6) is 0.429. The Balaban J connectivity index is 1.46. The molecule has 0 bridgehead atoms. The van der Waals surface area contributed by atoms with Crippen LogP contribution in [0.2, 0.25) is 0 Å². The van der Waals surface area contributed by atoms with E-state index in [1.54, 1.807) is 24.1 Å². The van der Waals surface area contributed by atoms with E-state index in [4.69, 9.17) is 14.2 Å². The highest BCUT2D eigenvalue weighted by molar-refractivity contribution is 5.91. The van der Waals surface area contributed by atoms with Crippen LogP contribution in [-0.2, 0) is 9.53 Å². The standard InChI is InChI=1S/C20H23N3O5/c1-26-17-6-4-16(5-7-17)22-9-11-23(12-10-22)19(24)14-28-20(25)15-3-8-18(27-2)21-13-15/h3-8,13H,9-12,14H2,1-2H3. The van der Waals surface area contributed by atoms with Crippen molar-refractivity contribution in [3.8, 4) is 11.6 Å². The highest BCUT2D eigenvalue weighted by atomic mass is 16.5. The fraction of sp³-hybridized carbons (Fsp3) is 0.350. The number of piperazine rings is 1. The Morgan fingerprint density at radius 2 is 1.68 bits per heavy atom. The molecule has 148 valence electrons. The summed E-state index contributed by atoms with van der Waals surface area (Å²) in [6.45, 7) is 2.30. The number of esters is 1. The van der Waals surface area contributed by atoms with Crippen LogP contribution in [0.15, 0.2) is 42.6 Å². The Kier molecular flexibility index (Phi) is 6.31. The fourth-order valence-corrected chi connectivity index (χ4v) is 2.93. The molecule has 0 unspecified atom stereocenters. The minimum atomic E-state index is -0.583. The third kappa shape index (κ3) is 4.70. The van der Waals surface area contributed by atoms with Gasteiger partial charge in [0.15, 0.2) is 6.61 Å². The van der Waals surface area contributed by atoms with E-state index in [0.717, 1.165) is 11.4 Å². The van der Waals surface area contributed by atoms with Crippen molar-refractivity contribution in [3.63, 3.8) is 0 Å². The minimum Gasteiger partial charge on any atom is -0.497 e. The van der Waals surface area contributed by atoms with E-state index in [1.807, 2.05) is 24.3 Å². The second-order valence-electron chi connectivity index (χ2n) is 6.23. The number of hydrogen-bond donors (Lipinski definition) is 0. The van der Waals surface area contributed by atoms with Gasteiger partial charge in [0.2, 0.25) is 5.88 Å². The van der Waals surface area contributed by atoms with Crippen molar-refractivity contribution in [1.82, 2.24) is 9.88 Å². The van der Waals surface area contributed by atoms with Gasteiger partial charge >= 0.3 is 5.97 Å². The van der Waals surface area contributed by atoms with Crippen molar-refractivity contribution in [2.45, 2.75) is 0 Å². The monoisotopic (exact) mass is 385 g/mol. The molecular formula is C20H23N3O5. The van der Waals surface area contributed by atoms with Gasteiger partial charge in [0.05, 0.1) is 19.8 Å². The molecule has 1 fully saturated rings. The predicted octanol–water partition coefficient (Wildman–Crippen LogP) is 1.60. The van der Waals surface area contributed by atoms with E-state index in [2.05, 4.69) is 9.88 Å². The summed E-state index contributed by atoms with van der Waals surface area (Å²) in [4.78, 5) is 32.2. The van der Waals surface area contributed by atoms with E-state index in [-0.39, 0.29) is 18.1 Å². The van der Waals surface area contributed by atoms with Crippen LogP contribution in [0.3, 0.4) is 0 Å². The Labute approximate surface area is 163 Å². The molecule has 1 saturated heterocycles. The lowest BCUT2D eigenvalue weighted by molar-refractivity contribution is -0.134. The number of ether oxygens (including phenoxy) is 3. The van der Waals surface area contributed by atoms with Gasteiger partial charge in [-0.1, -0.05) is 0 Å². The second-order valence-corrected chi connectivity index (χ2v) is 6.23. The number of rotatable bonds is 6. The van der Waals surface area contributed by atoms with Crippen molar-refractivity contribution in [2.75, 3.05) is 51.9 Å². The summed E-state index contributed by atoms with van der Waals surface area (Å²) in [6.07, 6.45) is 1.36. The number of carbonyl (C=O) groups excluding carboxylic acids is 2. The number of pyridine rings is 1. The average molecular weight is 385 g/mol. The number of carbonyl (C=O) groups is 2. The third-order valence-electron chi connectivity index (χ3n) is 4.58. The first-order valence-electron chi connectivity index (χ1n) is 8.94. The molecule has 1 aliphatic heterocycles. The average Bonchev–Trinajstić information content (AvgIpc) is 2.77. The zero-order valence-corrected chi connectivity index (χ0v) is 16.0. The zero-order valence-electron chi connectivity index (χ0n) is 16.0. The highest BCUT2D eigenvalue weighted by Gasteiger charge is 2.22. The summed E-state index contributed by atoms with van der Waals surface area (Å²) in [5, 5.41) is 0. The number of nitrogens with zero attached hydrogens (tertiary/aromatic N) is 3. The molecule has 1 aliphatic rings. The number of methoxy groups -OCH3 is 2. The molecule has 8 nitrogen and oxygen atoms in total. The Hall–Kier alpha value is -3.29. The van der Waals surface area contributed by atoms with Crippen molar-refractivity contribution in [3.05, 3.63) is 48.2 Å². The van der Waals surface area contributed by atoms with Gasteiger partial charge in [-0.2, -0.15) is 0 Å². The summed E-state index contributed by atoms with van der Waals surface area (Å²) in [6, 6.07) is 11.0. The number of aromatic nitrogens is 1. The van der Waals surface area contributed by atoms with E-state index in [0.29, 0.717) is 32.1 Å². The van der Waals surface area contributed by atoms with E-state index in [1.165, 1.54) is 13.3 Å². The minimum absolute atomic E-state index is 0.204. The Bertz CT molecular complexity index is 800. The van der Waals surface area contributed by atoms with E-state index >= 15 is 0 Å². The van der Waals surface area contributed by atoms with E-state index in [9.17, 15) is 9.59 Å². The first-order valence-corrected chi connectivity index (χ1v) is 8.94. The molecular weight excluding hydrogens is 362 g/mol. The van der Waals surface area contributed by atoms with E-state index < -0.39 is 5.97 Å². The summed E-state index contributed by atoms with van der Waals surface area (Å²) < 4.78 is 15.2. The van der Waals surface area contributed by atoms with Crippen LogP contribution in [0.5, 0.6) is 11.6 Å². The molecule has 1 amide bonds. The topological polar surface area (TPSA) is 81.2 Å². The van der Waals surface area contributed by atoms with Crippen LogP contribution >= 0.6 is 0 Å². The van der Waals surface area contributed by atoms with Gasteiger partial charge in [-0.3, -0.25) is 4.79 Å². The fourth-order valence-electron chi connectivity index (χ4n) is 2.93.